The third-order valence-electron chi connectivity index (χ3n) is 3.61. The summed E-state index contributed by atoms with van der Waals surface area (Å²) in [7, 11) is 0. The van der Waals surface area contributed by atoms with Crippen LogP contribution in [0, 0.1) is 0 Å². The van der Waals surface area contributed by atoms with E-state index in [1.54, 1.807) is 10.6 Å². The van der Waals surface area contributed by atoms with Gasteiger partial charge in [-0.25, -0.2) is 4.79 Å². The number of H-pyrrole nitrogens is 1. The predicted molar refractivity (Wildman–Crippen MR) is 84.3 cm³/mol. The highest BCUT2D eigenvalue weighted by molar-refractivity contribution is 5.80. The average molecular weight is 280 g/mol. The van der Waals surface area contributed by atoms with Gasteiger partial charge >= 0.3 is 5.69 Å². The van der Waals surface area contributed by atoms with Crippen molar-refractivity contribution < 1.29 is 0 Å². The molecule has 0 bridgehead atoms. The number of nitrogens with zero attached hydrogens (tertiary/aromatic N) is 1. The van der Waals surface area contributed by atoms with Crippen molar-refractivity contribution >= 4 is 10.9 Å². The van der Waals surface area contributed by atoms with Crippen LogP contribution in [0.15, 0.2) is 58.1 Å². The average Bonchev–Trinajstić information content (AvgIpc) is 2.47. The van der Waals surface area contributed by atoms with Crippen LogP contribution in [-0.2, 0) is 0 Å². The van der Waals surface area contributed by atoms with Gasteiger partial charge in [-0.05, 0) is 35.7 Å². The number of rotatable bonds is 2. The first kappa shape index (κ1) is 13.4. The van der Waals surface area contributed by atoms with Crippen LogP contribution < -0.4 is 11.2 Å². The Balaban J connectivity index is 2.45. The van der Waals surface area contributed by atoms with Gasteiger partial charge in [0, 0.05) is 0 Å². The lowest BCUT2D eigenvalue weighted by Gasteiger charge is -2.12. The van der Waals surface area contributed by atoms with Crippen molar-refractivity contribution in [2.24, 2.45) is 0 Å². The van der Waals surface area contributed by atoms with Gasteiger partial charge in [-0.15, -0.1) is 0 Å². The Hall–Kier alpha value is -2.62. The van der Waals surface area contributed by atoms with Gasteiger partial charge in [0.05, 0.1) is 16.6 Å². The maximum atomic E-state index is 12.2. The largest absolute Gasteiger partial charge is 0.333 e. The van der Waals surface area contributed by atoms with Crippen molar-refractivity contribution in [3.05, 3.63) is 74.9 Å². The molecule has 1 aromatic heterocycles. The van der Waals surface area contributed by atoms with E-state index in [1.807, 2.05) is 42.5 Å². The fourth-order valence-corrected chi connectivity index (χ4v) is 2.45. The molecule has 4 nitrogen and oxygen atoms in total. The van der Waals surface area contributed by atoms with E-state index in [4.69, 9.17) is 0 Å². The van der Waals surface area contributed by atoms with Crippen LogP contribution in [0.4, 0.5) is 0 Å². The molecule has 21 heavy (non-hydrogen) atoms. The molecule has 2 aromatic carbocycles. The van der Waals surface area contributed by atoms with Gasteiger partial charge in [-0.2, -0.15) is 0 Å². The Bertz CT molecular complexity index is 905. The van der Waals surface area contributed by atoms with Gasteiger partial charge in [0.1, 0.15) is 0 Å². The molecule has 0 saturated carbocycles. The first-order chi connectivity index (χ1) is 10.1. The molecule has 0 saturated heterocycles. The standard InChI is InChI=1S/C17H16N2O2/c1-11(2)12-8-9-14-15(10-12)19(17(21)18-16(14)20)13-6-4-3-5-7-13/h3-11H,1-2H3,(H,18,20,21). The van der Waals surface area contributed by atoms with Gasteiger partial charge in [0.25, 0.3) is 5.56 Å². The number of hydrogen-bond donors (Lipinski definition) is 1. The van der Waals surface area contributed by atoms with Crippen molar-refractivity contribution in [3.8, 4) is 5.69 Å². The normalized spacial score (nSPS) is 11.2. The smallest absolute Gasteiger partial charge is 0.273 e. The van der Waals surface area contributed by atoms with Crippen molar-refractivity contribution in [2.75, 3.05) is 0 Å². The van der Waals surface area contributed by atoms with Crippen LogP contribution in [0.5, 0.6) is 0 Å². The van der Waals surface area contributed by atoms with Crippen molar-refractivity contribution in [1.29, 1.82) is 0 Å². The van der Waals surface area contributed by atoms with E-state index in [-0.39, 0.29) is 5.56 Å². The quantitative estimate of drug-likeness (QED) is 0.784. The van der Waals surface area contributed by atoms with Gasteiger partial charge in [0.15, 0.2) is 0 Å². The van der Waals surface area contributed by atoms with Crippen LogP contribution in [0.2, 0.25) is 0 Å². The zero-order chi connectivity index (χ0) is 15.0. The molecule has 3 rings (SSSR count). The summed E-state index contributed by atoms with van der Waals surface area (Å²) >= 11 is 0. The lowest BCUT2D eigenvalue weighted by molar-refractivity contribution is 0.864. The lowest BCUT2D eigenvalue weighted by atomic mass is 10.0. The number of benzene rings is 2. The third-order valence-corrected chi connectivity index (χ3v) is 3.61. The topological polar surface area (TPSA) is 54.9 Å². The minimum atomic E-state index is -0.417. The van der Waals surface area contributed by atoms with E-state index in [0.29, 0.717) is 16.8 Å². The second-order valence-corrected chi connectivity index (χ2v) is 5.36. The molecule has 0 atom stereocenters. The fraction of sp³-hybridized carbons (Fsp3) is 0.176. The molecule has 3 aromatic rings. The molecule has 0 spiro atoms. The molecule has 0 amide bonds. The summed E-state index contributed by atoms with van der Waals surface area (Å²) in [5.41, 5.74) is 1.71. The summed E-state index contributed by atoms with van der Waals surface area (Å²) in [5, 5.41) is 0.517. The van der Waals surface area contributed by atoms with Gasteiger partial charge in [-0.3, -0.25) is 14.3 Å². The third kappa shape index (κ3) is 2.29. The Morgan fingerprint density at radius 2 is 1.71 bits per heavy atom. The van der Waals surface area contributed by atoms with Crippen LogP contribution >= 0.6 is 0 Å². The van der Waals surface area contributed by atoms with Gasteiger partial charge in [0.2, 0.25) is 0 Å². The lowest BCUT2D eigenvalue weighted by Crippen LogP contribution is -2.29. The SMILES string of the molecule is CC(C)c1ccc2c(=O)[nH]c(=O)n(-c3ccccc3)c2c1. The fourth-order valence-electron chi connectivity index (χ4n) is 2.45. The first-order valence-corrected chi connectivity index (χ1v) is 6.92. The highest BCUT2D eigenvalue weighted by Gasteiger charge is 2.10. The van der Waals surface area contributed by atoms with E-state index in [9.17, 15) is 9.59 Å². The molecule has 0 aliphatic carbocycles. The zero-order valence-electron chi connectivity index (χ0n) is 12.0. The molecule has 0 fully saturated rings. The highest BCUT2D eigenvalue weighted by atomic mass is 16.2. The van der Waals surface area contributed by atoms with E-state index >= 15 is 0 Å². The van der Waals surface area contributed by atoms with Crippen molar-refractivity contribution in [3.63, 3.8) is 0 Å². The number of aromatic nitrogens is 2. The summed E-state index contributed by atoms with van der Waals surface area (Å²) < 4.78 is 1.54. The summed E-state index contributed by atoms with van der Waals surface area (Å²) in [6, 6.07) is 15.0. The molecular formula is C17H16N2O2. The number of hydrogen-bond acceptors (Lipinski definition) is 2. The van der Waals surface area contributed by atoms with Crippen molar-refractivity contribution in [1.82, 2.24) is 9.55 Å². The second-order valence-electron chi connectivity index (χ2n) is 5.36. The molecular weight excluding hydrogens is 264 g/mol. The molecule has 106 valence electrons. The zero-order valence-corrected chi connectivity index (χ0v) is 12.0. The van der Waals surface area contributed by atoms with E-state index < -0.39 is 5.69 Å². The predicted octanol–water partition coefficient (Wildman–Crippen LogP) is 2.80. The van der Waals surface area contributed by atoms with E-state index in [2.05, 4.69) is 18.8 Å². The highest BCUT2D eigenvalue weighted by Crippen LogP contribution is 2.20. The summed E-state index contributed by atoms with van der Waals surface area (Å²) in [4.78, 5) is 26.6. The maximum Gasteiger partial charge on any atom is 0.333 e. The molecule has 1 heterocycles. The van der Waals surface area contributed by atoms with Crippen molar-refractivity contribution in [2.45, 2.75) is 19.8 Å². The Labute approximate surface area is 121 Å². The minimum absolute atomic E-state index is 0.327. The van der Waals surface area contributed by atoms with Crippen LogP contribution in [0.1, 0.15) is 25.3 Å². The maximum absolute atomic E-state index is 12.2. The van der Waals surface area contributed by atoms with Gasteiger partial charge in [-0.1, -0.05) is 38.1 Å². The van der Waals surface area contributed by atoms with E-state index in [1.165, 1.54) is 0 Å². The number of aromatic amines is 1. The molecule has 0 aliphatic rings. The number of fused-ring (bicyclic) bond motifs is 1. The van der Waals surface area contributed by atoms with Gasteiger partial charge < -0.3 is 0 Å². The second kappa shape index (κ2) is 5.05. The Kier molecular flexibility index (Phi) is 3.22. The van der Waals surface area contributed by atoms with E-state index in [0.717, 1.165) is 11.3 Å². The number of nitrogens with one attached hydrogen (secondary N) is 1. The molecule has 1 N–H and O–H groups in total. The number of para-hydroxylation sites is 1. The molecule has 0 radical (unpaired) electrons. The van der Waals surface area contributed by atoms with Crippen LogP contribution in [0.25, 0.3) is 16.6 Å². The first-order valence-electron chi connectivity index (χ1n) is 6.92. The summed E-state index contributed by atoms with van der Waals surface area (Å²) in [5.74, 6) is 0.327. The monoisotopic (exact) mass is 280 g/mol. The van der Waals surface area contributed by atoms with Crippen LogP contribution in [-0.4, -0.2) is 9.55 Å². The molecule has 0 unspecified atom stereocenters. The minimum Gasteiger partial charge on any atom is -0.273 e. The van der Waals surface area contributed by atoms with Crippen LogP contribution in [0.3, 0.4) is 0 Å². The molecule has 0 aliphatic heterocycles. The summed E-state index contributed by atoms with van der Waals surface area (Å²) in [6.45, 7) is 4.17. The molecule has 4 heteroatoms. The Morgan fingerprint density at radius 1 is 1.00 bits per heavy atom. The summed E-state index contributed by atoms with van der Waals surface area (Å²) in [6.07, 6.45) is 0. The Morgan fingerprint density at radius 3 is 2.38 bits per heavy atom.